The Morgan fingerprint density at radius 3 is 2.40 bits per heavy atom. The Bertz CT molecular complexity index is 1010. The van der Waals surface area contributed by atoms with Crippen LogP contribution in [0.15, 0.2) is 48.7 Å². The molecule has 2 N–H and O–H groups in total. The predicted molar refractivity (Wildman–Crippen MR) is 119 cm³/mol. The number of nitrogens with one attached hydrogen (secondary N) is 2. The zero-order chi connectivity index (χ0) is 21.5. The largest absolute Gasteiger partial charge is 0.351 e. The van der Waals surface area contributed by atoms with E-state index in [0.717, 1.165) is 31.0 Å². The van der Waals surface area contributed by atoms with Crippen molar-refractivity contribution in [2.45, 2.75) is 27.2 Å². The number of aryl methyl sites for hydroxylation is 1. The van der Waals surface area contributed by atoms with Gasteiger partial charge in [-0.25, -0.2) is 4.98 Å². The first-order chi connectivity index (χ1) is 14.6. The van der Waals surface area contributed by atoms with Crippen molar-refractivity contribution in [3.63, 3.8) is 0 Å². The highest BCUT2D eigenvalue weighted by Crippen LogP contribution is 2.16. The number of nitrogens with zero attached hydrogens (tertiary/aromatic N) is 3. The summed E-state index contributed by atoms with van der Waals surface area (Å²) in [4.78, 5) is 32.0. The highest BCUT2D eigenvalue weighted by atomic mass is 16.2. The van der Waals surface area contributed by atoms with Crippen molar-refractivity contribution in [3.05, 3.63) is 65.6 Å². The summed E-state index contributed by atoms with van der Waals surface area (Å²) >= 11 is 0. The van der Waals surface area contributed by atoms with Crippen LogP contribution < -0.4 is 10.6 Å². The summed E-state index contributed by atoms with van der Waals surface area (Å²) in [7, 11) is 0. The van der Waals surface area contributed by atoms with E-state index in [0.29, 0.717) is 29.9 Å². The summed E-state index contributed by atoms with van der Waals surface area (Å²) in [5.74, 6) is -0.336. The predicted octanol–water partition coefficient (Wildman–Crippen LogP) is 3.22. The number of hydrogen-bond acceptors (Lipinski definition) is 4. The fourth-order valence-electron chi connectivity index (χ4n) is 3.40. The molecule has 0 bridgehead atoms. The third-order valence-electron chi connectivity index (χ3n) is 5.17. The van der Waals surface area contributed by atoms with Gasteiger partial charge in [-0.2, -0.15) is 0 Å². The van der Waals surface area contributed by atoms with Gasteiger partial charge in [-0.15, -0.1) is 0 Å². The number of imidazole rings is 1. The van der Waals surface area contributed by atoms with Crippen molar-refractivity contribution in [1.29, 1.82) is 0 Å². The maximum atomic E-state index is 12.9. The van der Waals surface area contributed by atoms with Crippen LogP contribution in [0.3, 0.4) is 0 Å². The molecule has 0 saturated heterocycles. The summed E-state index contributed by atoms with van der Waals surface area (Å²) in [5.41, 5.74) is 3.23. The van der Waals surface area contributed by atoms with E-state index >= 15 is 0 Å². The first kappa shape index (κ1) is 21.5. The van der Waals surface area contributed by atoms with E-state index in [9.17, 15) is 9.59 Å². The summed E-state index contributed by atoms with van der Waals surface area (Å²) in [6, 6.07) is 12.6. The zero-order valence-electron chi connectivity index (χ0n) is 17.8. The molecule has 2 amide bonds. The minimum absolute atomic E-state index is 0.116. The molecular weight excluding hydrogens is 378 g/mol. The lowest BCUT2D eigenvalue weighted by atomic mass is 10.2. The zero-order valence-corrected chi connectivity index (χ0v) is 17.8. The van der Waals surface area contributed by atoms with Crippen LogP contribution in [0, 0.1) is 0 Å². The van der Waals surface area contributed by atoms with Crippen LogP contribution in [0.5, 0.6) is 0 Å². The molecule has 0 radical (unpaired) electrons. The topological polar surface area (TPSA) is 78.7 Å². The number of hydrogen-bond donors (Lipinski definition) is 2. The molecule has 0 saturated carbocycles. The molecule has 7 heteroatoms. The van der Waals surface area contributed by atoms with E-state index < -0.39 is 0 Å². The SMILES string of the molecule is CCc1nc2ccccn2c1C(=O)Nc1ccc(C(=O)NCCN(CC)CC)cc1. The van der Waals surface area contributed by atoms with Gasteiger partial charge in [0.05, 0.1) is 5.69 Å². The summed E-state index contributed by atoms with van der Waals surface area (Å²) in [6.45, 7) is 9.55. The van der Waals surface area contributed by atoms with Crippen molar-refractivity contribution < 1.29 is 9.59 Å². The van der Waals surface area contributed by atoms with Gasteiger partial charge in [-0.1, -0.05) is 26.8 Å². The molecule has 0 aliphatic rings. The number of carbonyl (C=O) groups excluding carboxylic acids is 2. The monoisotopic (exact) mass is 407 g/mol. The molecule has 0 aliphatic carbocycles. The highest BCUT2D eigenvalue weighted by Gasteiger charge is 2.18. The lowest BCUT2D eigenvalue weighted by Gasteiger charge is -2.18. The number of benzene rings is 1. The Labute approximate surface area is 177 Å². The van der Waals surface area contributed by atoms with Crippen LogP contribution in [0.4, 0.5) is 5.69 Å². The minimum Gasteiger partial charge on any atom is -0.351 e. The Morgan fingerprint density at radius 2 is 1.73 bits per heavy atom. The quantitative estimate of drug-likeness (QED) is 0.571. The second kappa shape index (κ2) is 10.0. The molecule has 158 valence electrons. The van der Waals surface area contributed by atoms with Crippen molar-refractivity contribution in [2.75, 3.05) is 31.5 Å². The fraction of sp³-hybridized carbons (Fsp3) is 0.348. The first-order valence-electron chi connectivity index (χ1n) is 10.4. The minimum atomic E-state index is -0.220. The molecule has 3 aromatic rings. The maximum Gasteiger partial charge on any atom is 0.274 e. The lowest BCUT2D eigenvalue weighted by Crippen LogP contribution is -2.34. The van der Waals surface area contributed by atoms with E-state index in [2.05, 4.69) is 34.4 Å². The molecule has 0 atom stereocenters. The molecule has 30 heavy (non-hydrogen) atoms. The highest BCUT2D eigenvalue weighted by molar-refractivity contribution is 6.04. The lowest BCUT2D eigenvalue weighted by molar-refractivity contribution is 0.0948. The summed E-state index contributed by atoms with van der Waals surface area (Å²) in [6.07, 6.45) is 2.50. The van der Waals surface area contributed by atoms with Crippen LogP contribution in [0.1, 0.15) is 47.3 Å². The van der Waals surface area contributed by atoms with E-state index in [-0.39, 0.29) is 11.8 Å². The van der Waals surface area contributed by atoms with Gasteiger partial charge in [0.15, 0.2) is 0 Å². The molecule has 3 rings (SSSR count). The normalized spacial score (nSPS) is 11.1. The van der Waals surface area contributed by atoms with E-state index in [1.807, 2.05) is 31.3 Å². The first-order valence-corrected chi connectivity index (χ1v) is 10.4. The Balaban J connectivity index is 1.65. The van der Waals surface area contributed by atoms with Gasteiger partial charge in [-0.3, -0.25) is 14.0 Å². The van der Waals surface area contributed by atoms with Crippen LogP contribution in [-0.4, -0.2) is 52.3 Å². The third kappa shape index (κ3) is 4.86. The number of fused-ring (bicyclic) bond motifs is 1. The molecule has 2 aromatic heterocycles. The average molecular weight is 408 g/mol. The van der Waals surface area contributed by atoms with Crippen LogP contribution in [0.2, 0.25) is 0 Å². The molecule has 1 aromatic carbocycles. The number of anilines is 1. The van der Waals surface area contributed by atoms with Crippen molar-refractivity contribution >= 4 is 23.1 Å². The number of likely N-dealkylation sites (N-methyl/N-ethyl adjacent to an activating group) is 1. The van der Waals surface area contributed by atoms with E-state index in [1.165, 1.54) is 0 Å². The molecule has 0 spiro atoms. The standard InChI is InChI=1S/C23H29N5O2/c1-4-19-21(28-15-8-7-9-20(28)26-19)23(30)25-18-12-10-17(11-13-18)22(29)24-14-16-27(5-2)6-3/h7-13,15H,4-6,14,16H2,1-3H3,(H,24,29)(H,25,30). The number of carbonyl (C=O) groups is 2. The molecule has 0 aliphatic heterocycles. The molecule has 0 fully saturated rings. The fourth-order valence-corrected chi connectivity index (χ4v) is 3.40. The van der Waals surface area contributed by atoms with Gasteiger partial charge >= 0.3 is 0 Å². The van der Waals surface area contributed by atoms with Crippen molar-refractivity contribution in [1.82, 2.24) is 19.6 Å². The Hall–Kier alpha value is -3.19. The smallest absolute Gasteiger partial charge is 0.274 e. The number of pyridine rings is 1. The van der Waals surface area contributed by atoms with Gasteiger partial charge in [0.1, 0.15) is 11.3 Å². The van der Waals surface area contributed by atoms with Gasteiger partial charge < -0.3 is 15.5 Å². The van der Waals surface area contributed by atoms with Crippen LogP contribution in [-0.2, 0) is 6.42 Å². The van der Waals surface area contributed by atoms with Crippen LogP contribution >= 0.6 is 0 Å². The van der Waals surface area contributed by atoms with Crippen LogP contribution in [0.25, 0.3) is 5.65 Å². The third-order valence-corrected chi connectivity index (χ3v) is 5.17. The molecule has 2 heterocycles. The molecule has 7 nitrogen and oxygen atoms in total. The van der Waals surface area contributed by atoms with Crippen molar-refractivity contribution in [3.8, 4) is 0 Å². The van der Waals surface area contributed by atoms with E-state index in [1.54, 1.807) is 28.7 Å². The second-order valence-electron chi connectivity index (χ2n) is 7.00. The molecular formula is C23H29N5O2. The van der Waals surface area contributed by atoms with Gasteiger partial charge in [-0.05, 0) is 55.9 Å². The van der Waals surface area contributed by atoms with Gasteiger partial charge in [0, 0.05) is 30.5 Å². The van der Waals surface area contributed by atoms with E-state index in [4.69, 9.17) is 0 Å². The second-order valence-corrected chi connectivity index (χ2v) is 7.00. The molecule has 0 unspecified atom stereocenters. The number of rotatable bonds is 9. The average Bonchev–Trinajstić information content (AvgIpc) is 3.16. The maximum absolute atomic E-state index is 12.9. The van der Waals surface area contributed by atoms with Crippen molar-refractivity contribution in [2.24, 2.45) is 0 Å². The van der Waals surface area contributed by atoms with Gasteiger partial charge in [0.25, 0.3) is 11.8 Å². The summed E-state index contributed by atoms with van der Waals surface area (Å²) in [5, 5.41) is 5.85. The summed E-state index contributed by atoms with van der Waals surface area (Å²) < 4.78 is 1.80. The Morgan fingerprint density at radius 1 is 1.00 bits per heavy atom. The number of amides is 2. The Kier molecular flexibility index (Phi) is 7.19. The van der Waals surface area contributed by atoms with Gasteiger partial charge in [0.2, 0.25) is 0 Å². The number of aromatic nitrogens is 2.